The minimum absolute atomic E-state index is 0.117. The van der Waals surface area contributed by atoms with Gasteiger partial charge in [0.1, 0.15) is 0 Å². The van der Waals surface area contributed by atoms with E-state index in [-0.39, 0.29) is 11.5 Å². The van der Waals surface area contributed by atoms with Gasteiger partial charge in [-0.25, -0.2) is 4.79 Å². The third-order valence-corrected chi connectivity index (χ3v) is 8.98. The largest absolute Gasteiger partial charge is 0.416 e. The summed E-state index contributed by atoms with van der Waals surface area (Å²) in [4.78, 5) is 45.2. The Hall–Kier alpha value is -4.63. The summed E-state index contributed by atoms with van der Waals surface area (Å²) in [5, 5.41) is 6.16. The van der Waals surface area contributed by atoms with E-state index in [2.05, 4.69) is 10.6 Å². The smallest absolute Gasteiger partial charge is 0.323 e. The van der Waals surface area contributed by atoms with Crippen LogP contribution in [-0.2, 0) is 16.5 Å². The van der Waals surface area contributed by atoms with Gasteiger partial charge in [-0.1, -0.05) is 85.6 Å². The number of carbonyl (C=O) groups excluding carboxylic acids is 3. The number of rotatable bonds is 6. The van der Waals surface area contributed by atoms with Crippen molar-refractivity contribution < 1.29 is 27.6 Å². The highest BCUT2D eigenvalue weighted by Gasteiger charge is 2.70. The first kappa shape index (κ1) is 30.4. The Kier molecular flexibility index (Phi) is 7.91. The van der Waals surface area contributed by atoms with Crippen LogP contribution in [0.15, 0.2) is 103 Å². The zero-order valence-electron chi connectivity index (χ0n) is 24.1. The van der Waals surface area contributed by atoms with E-state index in [1.807, 2.05) is 19.1 Å². The van der Waals surface area contributed by atoms with Crippen LogP contribution in [0.3, 0.4) is 0 Å². The number of hydrogen-bond acceptors (Lipinski definition) is 3. The molecule has 6 rings (SSSR count). The highest BCUT2D eigenvalue weighted by atomic mass is 35.5. The summed E-state index contributed by atoms with van der Waals surface area (Å²) in [6.45, 7) is 1.95. The molecule has 4 aromatic carbocycles. The Labute approximate surface area is 263 Å². The number of urea groups is 1. The monoisotopic (exact) mass is 631 g/mol. The molecule has 1 spiro atoms. The maximum Gasteiger partial charge on any atom is 0.416 e. The van der Waals surface area contributed by atoms with Crippen LogP contribution >= 0.6 is 11.6 Å². The molecular formula is C35H29ClF3N3O3. The average Bonchev–Trinajstić information content (AvgIpc) is 3.49. The molecule has 0 bridgehead atoms. The van der Waals surface area contributed by atoms with Gasteiger partial charge < -0.3 is 15.5 Å². The number of ketones is 1. The van der Waals surface area contributed by atoms with Gasteiger partial charge in [-0.05, 0) is 54.4 Å². The van der Waals surface area contributed by atoms with Crippen LogP contribution in [0.1, 0.15) is 52.7 Å². The van der Waals surface area contributed by atoms with Crippen molar-refractivity contribution in [2.75, 3.05) is 10.6 Å². The molecule has 2 aliphatic heterocycles. The van der Waals surface area contributed by atoms with Crippen molar-refractivity contribution in [3.8, 4) is 0 Å². The molecule has 2 N–H and O–H groups in total. The predicted octanol–water partition coefficient (Wildman–Crippen LogP) is 8.51. The SMILES string of the molecule is CCCC1C(c2ccc(Cl)cc2)C(C(=O)c2ccccc2)C2(C(=O)Nc3ccccc32)N1C(=O)Nc1ccc(C(F)(F)F)cc1. The van der Waals surface area contributed by atoms with E-state index in [0.717, 1.165) is 17.7 Å². The molecule has 0 aliphatic carbocycles. The molecule has 45 heavy (non-hydrogen) atoms. The van der Waals surface area contributed by atoms with Crippen LogP contribution in [0.25, 0.3) is 0 Å². The summed E-state index contributed by atoms with van der Waals surface area (Å²) in [5.41, 5.74) is -0.443. The molecule has 4 unspecified atom stereocenters. The minimum atomic E-state index is -4.55. The fraction of sp³-hybridized carbons (Fsp3) is 0.229. The van der Waals surface area contributed by atoms with Crippen molar-refractivity contribution in [2.24, 2.45) is 5.92 Å². The van der Waals surface area contributed by atoms with Crippen LogP contribution < -0.4 is 10.6 Å². The first-order valence-corrected chi connectivity index (χ1v) is 15.0. The molecule has 2 heterocycles. The van der Waals surface area contributed by atoms with Gasteiger partial charge >= 0.3 is 12.2 Å². The lowest BCUT2D eigenvalue weighted by Gasteiger charge is -2.39. The van der Waals surface area contributed by atoms with Crippen LogP contribution in [0.2, 0.25) is 5.02 Å². The van der Waals surface area contributed by atoms with Crippen molar-refractivity contribution in [1.82, 2.24) is 4.90 Å². The van der Waals surface area contributed by atoms with Crippen LogP contribution in [0, 0.1) is 5.92 Å². The first-order valence-electron chi connectivity index (χ1n) is 14.6. The quantitative estimate of drug-likeness (QED) is 0.209. The number of benzene rings is 4. The van der Waals surface area contributed by atoms with Crippen molar-refractivity contribution in [3.05, 3.63) is 130 Å². The molecule has 4 atom stereocenters. The molecule has 230 valence electrons. The first-order chi connectivity index (χ1) is 21.6. The molecule has 6 nitrogen and oxygen atoms in total. The number of Topliss-reactive ketones (excluding diaryl/α,β-unsaturated/α-hetero) is 1. The van der Waals surface area contributed by atoms with Gasteiger partial charge in [-0.2, -0.15) is 13.2 Å². The normalized spacial score (nSPS) is 22.3. The van der Waals surface area contributed by atoms with E-state index < -0.39 is 47.1 Å². The number of amides is 3. The summed E-state index contributed by atoms with van der Waals surface area (Å²) < 4.78 is 39.8. The number of hydrogen-bond donors (Lipinski definition) is 2. The number of para-hydroxylation sites is 1. The Bertz CT molecular complexity index is 1750. The summed E-state index contributed by atoms with van der Waals surface area (Å²) in [6, 6.07) is 25.4. The molecule has 0 aromatic heterocycles. The zero-order valence-corrected chi connectivity index (χ0v) is 24.9. The lowest BCUT2D eigenvalue weighted by atomic mass is 9.69. The fourth-order valence-corrected chi connectivity index (χ4v) is 7.07. The van der Waals surface area contributed by atoms with Crippen molar-refractivity contribution in [1.29, 1.82) is 0 Å². The Morgan fingerprint density at radius 3 is 2.20 bits per heavy atom. The van der Waals surface area contributed by atoms with Gasteiger partial charge in [0, 0.05) is 39.5 Å². The second-order valence-corrected chi connectivity index (χ2v) is 11.7. The zero-order chi connectivity index (χ0) is 31.9. The Balaban J connectivity index is 1.58. The third kappa shape index (κ3) is 5.15. The van der Waals surface area contributed by atoms with Gasteiger partial charge in [-0.15, -0.1) is 0 Å². The second kappa shape index (κ2) is 11.7. The van der Waals surface area contributed by atoms with Crippen molar-refractivity contribution in [3.63, 3.8) is 0 Å². The van der Waals surface area contributed by atoms with Gasteiger partial charge in [0.05, 0.1) is 11.5 Å². The van der Waals surface area contributed by atoms with E-state index in [9.17, 15) is 27.6 Å². The van der Waals surface area contributed by atoms with Gasteiger partial charge in [0.2, 0.25) is 0 Å². The highest BCUT2D eigenvalue weighted by Crippen LogP contribution is 2.60. The number of anilines is 2. The average molecular weight is 632 g/mol. The van der Waals surface area contributed by atoms with Crippen molar-refractivity contribution >= 4 is 40.7 Å². The molecule has 10 heteroatoms. The Morgan fingerprint density at radius 1 is 0.911 bits per heavy atom. The number of halogens is 4. The molecule has 0 radical (unpaired) electrons. The predicted molar refractivity (Wildman–Crippen MR) is 166 cm³/mol. The summed E-state index contributed by atoms with van der Waals surface area (Å²) in [7, 11) is 0. The second-order valence-electron chi connectivity index (χ2n) is 11.3. The van der Waals surface area contributed by atoms with Gasteiger partial charge in [0.15, 0.2) is 11.3 Å². The maximum atomic E-state index is 14.8. The van der Waals surface area contributed by atoms with Crippen LogP contribution in [0.5, 0.6) is 0 Å². The number of nitrogens with zero attached hydrogens (tertiary/aromatic N) is 1. The highest BCUT2D eigenvalue weighted by molar-refractivity contribution is 6.30. The van der Waals surface area contributed by atoms with E-state index in [0.29, 0.717) is 34.7 Å². The summed E-state index contributed by atoms with van der Waals surface area (Å²) in [6.07, 6.45) is -3.50. The van der Waals surface area contributed by atoms with Crippen LogP contribution in [-0.4, -0.2) is 28.7 Å². The number of carbonyl (C=O) groups is 3. The maximum absolute atomic E-state index is 14.8. The van der Waals surface area contributed by atoms with Gasteiger partial charge in [-0.3, -0.25) is 9.59 Å². The molecule has 3 amide bonds. The third-order valence-electron chi connectivity index (χ3n) is 8.73. The molecule has 2 aliphatic rings. The molecule has 1 saturated heterocycles. The lowest BCUT2D eigenvalue weighted by Crippen LogP contribution is -2.57. The lowest BCUT2D eigenvalue weighted by molar-refractivity contribution is -0.137. The standard InChI is InChI=1S/C35H29ClF3N3O3/c1-2-8-28-29(21-13-17-24(36)18-14-21)30(31(43)22-9-4-3-5-10-22)34(26-11-6-7-12-27(26)41-32(34)44)42(28)33(45)40-25-19-15-23(16-20-25)35(37,38)39/h3-7,9-20,28-30H,2,8H2,1H3,(H,40,45)(H,41,44). The number of nitrogens with one attached hydrogen (secondary N) is 2. The molecule has 4 aromatic rings. The van der Waals surface area contributed by atoms with Crippen LogP contribution in [0.4, 0.5) is 29.3 Å². The van der Waals surface area contributed by atoms with E-state index in [4.69, 9.17) is 11.6 Å². The minimum Gasteiger partial charge on any atom is -0.323 e. The van der Waals surface area contributed by atoms with E-state index in [1.54, 1.807) is 66.7 Å². The Morgan fingerprint density at radius 2 is 1.56 bits per heavy atom. The van der Waals surface area contributed by atoms with E-state index in [1.165, 1.54) is 17.0 Å². The summed E-state index contributed by atoms with van der Waals surface area (Å²) >= 11 is 6.25. The number of likely N-dealkylation sites (tertiary alicyclic amines) is 1. The molecule has 0 saturated carbocycles. The molecular weight excluding hydrogens is 603 g/mol. The van der Waals surface area contributed by atoms with E-state index >= 15 is 0 Å². The number of fused-ring (bicyclic) bond motifs is 2. The van der Waals surface area contributed by atoms with Crippen molar-refractivity contribution in [2.45, 2.75) is 43.4 Å². The summed E-state index contributed by atoms with van der Waals surface area (Å²) in [5.74, 6) is -2.53. The van der Waals surface area contributed by atoms with Gasteiger partial charge in [0.25, 0.3) is 5.91 Å². The fourth-order valence-electron chi connectivity index (χ4n) is 6.94. The topological polar surface area (TPSA) is 78.5 Å². The molecule has 1 fully saturated rings. The number of alkyl halides is 3.